The third-order valence-corrected chi connectivity index (χ3v) is 2.02. The summed E-state index contributed by atoms with van der Waals surface area (Å²) in [6.07, 6.45) is 3.39. The van der Waals surface area contributed by atoms with E-state index in [0.29, 0.717) is 12.4 Å². The Morgan fingerprint density at radius 3 is 3.08 bits per heavy atom. The molecule has 0 spiro atoms. The van der Waals surface area contributed by atoms with Crippen LogP contribution in [0.5, 0.6) is 0 Å². The Kier molecular flexibility index (Phi) is 2.05. The number of nitrogens with zero attached hydrogens (tertiary/aromatic N) is 2. The van der Waals surface area contributed by atoms with Crippen LogP contribution in [0.3, 0.4) is 0 Å². The first-order chi connectivity index (χ1) is 5.90. The van der Waals surface area contributed by atoms with Crippen LogP contribution in [0.4, 0.5) is 0 Å². The maximum Gasteiger partial charge on any atom is 0.255 e. The SMILES string of the molecule is NCC1CCC(c2ncno2)O1. The minimum absolute atomic E-state index is 0.0407. The smallest absolute Gasteiger partial charge is 0.255 e. The van der Waals surface area contributed by atoms with Crippen LogP contribution in [0.2, 0.25) is 0 Å². The normalized spacial score (nSPS) is 29.4. The van der Waals surface area contributed by atoms with Gasteiger partial charge in [0.25, 0.3) is 5.89 Å². The topological polar surface area (TPSA) is 74.2 Å². The summed E-state index contributed by atoms with van der Waals surface area (Å²) in [6, 6.07) is 0. The monoisotopic (exact) mass is 169 g/mol. The van der Waals surface area contributed by atoms with Gasteiger partial charge in [0.15, 0.2) is 6.33 Å². The Bertz CT molecular complexity index is 237. The predicted molar refractivity (Wildman–Crippen MR) is 40.2 cm³/mol. The highest BCUT2D eigenvalue weighted by atomic mass is 16.5. The molecule has 0 bridgehead atoms. The minimum Gasteiger partial charge on any atom is -0.364 e. The third kappa shape index (κ3) is 1.33. The molecule has 1 fully saturated rings. The summed E-state index contributed by atoms with van der Waals surface area (Å²) < 4.78 is 10.4. The zero-order valence-corrected chi connectivity index (χ0v) is 6.64. The van der Waals surface area contributed by atoms with Gasteiger partial charge in [0, 0.05) is 6.54 Å². The number of nitrogens with two attached hydrogens (primary N) is 1. The summed E-state index contributed by atoms with van der Waals surface area (Å²) in [7, 11) is 0. The molecule has 2 atom stereocenters. The van der Waals surface area contributed by atoms with Crippen LogP contribution in [0.25, 0.3) is 0 Å². The molecule has 0 radical (unpaired) electrons. The van der Waals surface area contributed by atoms with E-state index in [1.165, 1.54) is 6.33 Å². The number of hydrogen-bond acceptors (Lipinski definition) is 5. The van der Waals surface area contributed by atoms with E-state index in [9.17, 15) is 0 Å². The molecule has 0 amide bonds. The lowest BCUT2D eigenvalue weighted by molar-refractivity contribution is 0.0307. The zero-order chi connectivity index (χ0) is 8.39. The lowest BCUT2D eigenvalue weighted by Crippen LogP contribution is -2.18. The fraction of sp³-hybridized carbons (Fsp3) is 0.714. The van der Waals surface area contributed by atoms with Crippen LogP contribution in [-0.2, 0) is 4.74 Å². The van der Waals surface area contributed by atoms with Gasteiger partial charge in [0.1, 0.15) is 6.10 Å². The van der Waals surface area contributed by atoms with Crippen molar-refractivity contribution in [1.82, 2.24) is 10.1 Å². The molecule has 2 unspecified atom stereocenters. The summed E-state index contributed by atoms with van der Waals surface area (Å²) in [5.41, 5.74) is 5.46. The van der Waals surface area contributed by atoms with Crippen molar-refractivity contribution in [3.63, 3.8) is 0 Å². The van der Waals surface area contributed by atoms with Crippen molar-refractivity contribution in [2.45, 2.75) is 25.0 Å². The van der Waals surface area contributed by atoms with Gasteiger partial charge in [-0.1, -0.05) is 5.16 Å². The maximum atomic E-state index is 5.53. The largest absolute Gasteiger partial charge is 0.364 e. The number of aromatic nitrogens is 2. The Labute approximate surface area is 69.9 Å². The second-order valence-electron chi connectivity index (χ2n) is 2.84. The van der Waals surface area contributed by atoms with Crippen molar-refractivity contribution in [3.05, 3.63) is 12.2 Å². The third-order valence-electron chi connectivity index (χ3n) is 2.02. The molecular formula is C7H11N3O2. The molecule has 66 valence electrons. The highest BCUT2D eigenvalue weighted by Gasteiger charge is 2.28. The standard InChI is InChI=1S/C7H11N3O2/c8-3-5-1-2-6(11-5)7-9-4-10-12-7/h4-6H,1-3,8H2. The van der Waals surface area contributed by atoms with Crippen molar-refractivity contribution in [2.75, 3.05) is 6.54 Å². The molecule has 12 heavy (non-hydrogen) atoms. The van der Waals surface area contributed by atoms with Crippen molar-refractivity contribution in [3.8, 4) is 0 Å². The molecule has 0 saturated carbocycles. The molecule has 1 aromatic rings. The maximum absolute atomic E-state index is 5.53. The number of rotatable bonds is 2. The second-order valence-corrected chi connectivity index (χ2v) is 2.84. The molecule has 0 aromatic carbocycles. The van der Waals surface area contributed by atoms with Crippen molar-refractivity contribution >= 4 is 0 Å². The van der Waals surface area contributed by atoms with Gasteiger partial charge in [-0.05, 0) is 12.8 Å². The van der Waals surface area contributed by atoms with E-state index in [4.69, 9.17) is 15.0 Å². The molecular weight excluding hydrogens is 158 g/mol. The average Bonchev–Trinajstić information content (AvgIpc) is 2.75. The first-order valence-electron chi connectivity index (χ1n) is 4.02. The van der Waals surface area contributed by atoms with E-state index in [1.807, 2.05) is 0 Å². The van der Waals surface area contributed by atoms with Crippen LogP contribution in [-0.4, -0.2) is 22.8 Å². The zero-order valence-electron chi connectivity index (χ0n) is 6.64. The van der Waals surface area contributed by atoms with Gasteiger partial charge in [0.2, 0.25) is 0 Å². The fourth-order valence-corrected chi connectivity index (χ4v) is 1.38. The summed E-state index contributed by atoms with van der Waals surface area (Å²) in [6.45, 7) is 0.560. The minimum atomic E-state index is -0.0407. The van der Waals surface area contributed by atoms with E-state index in [2.05, 4.69) is 10.1 Å². The van der Waals surface area contributed by atoms with E-state index < -0.39 is 0 Å². The molecule has 1 aliphatic rings. The first kappa shape index (κ1) is 7.70. The van der Waals surface area contributed by atoms with Crippen molar-refractivity contribution in [2.24, 2.45) is 5.73 Å². The molecule has 5 nitrogen and oxygen atoms in total. The lowest BCUT2D eigenvalue weighted by Gasteiger charge is -2.07. The molecule has 2 heterocycles. The number of hydrogen-bond donors (Lipinski definition) is 1. The molecule has 1 aromatic heterocycles. The van der Waals surface area contributed by atoms with Gasteiger partial charge in [-0.25, -0.2) is 0 Å². The second kappa shape index (κ2) is 3.20. The van der Waals surface area contributed by atoms with E-state index in [-0.39, 0.29) is 12.2 Å². The molecule has 2 rings (SSSR count). The van der Waals surface area contributed by atoms with E-state index >= 15 is 0 Å². The fourth-order valence-electron chi connectivity index (χ4n) is 1.38. The van der Waals surface area contributed by atoms with Crippen LogP contribution in [0.1, 0.15) is 24.8 Å². The molecule has 0 aliphatic carbocycles. The van der Waals surface area contributed by atoms with Gasteiger partial charge in [-0.2, -0.15) is 4.98 Å². The van der Waals surface area contributed by atoms with E-state index in [1.54, 1.807) is 0 Å². The quantitative estimate of drug-likeness (QED) is 0.686. The van der Waals surface area contributed by atoms with Gasteiger partial charge in [0.05, 0.1) is 6.10 Å². The van der Waals surface area contributed by atoms with Crippen LogP contribution < -0.4 is 5.73 Å². The highest BCUT2D eigenvalue weighted by Crippen LogP contribution is 2.30. The Morgan fingerprint density at radius 1 is 1.58 bits per heavy atom. The summed E-state index contributed by atoms with van der Waals surface area (Å²) in [4.78, 5) is 3.92. The number of ether oxygens (including phenoxy) is 1. The van der Waals surface area contributed by atoms with Gasteiger partial charge in [-0.15, -0.1) is 0 Å². The van der Waals surface area contributed by atoms with Crippen molar-refractivity contribution < 1.29 is 9.26 Å². The lowest BCUT2D eigenvalue weighted by atomic mass is 10.2. The van der Waals surface area contributed by atoms with Gasteiger partial charge in [-0.3, -0.25) is 0 Å². The molecule has 1 saturated heterocycles. The Morgan fingerprint density at radius 2 is 2.50 bits per heavy atom. The van der Waals surface area contributed by atoms with Crippen molar-refractivity contribution in [1.29, 1.82) is 0 Å². The van der Waals surface area contributed by atoms with Gasteiger partial charge >= 0.3 is 0 Å². The summed E-state index contributed by atoms with van der Waals surface area (Å²) >= 11 is 0. The molecule has 5 heteroatoms. The summed E-state index contributed by atoms with van der Waals surface area (Å²) in [5, 5.41) is 3.52. The van der Waals surface area contributed by atoms with Gasteiger partial charge < -0.3 is 15.0 Å². The molecule has 1 aliphatic heterocycles. The van der Waals surface area contributed by atoms with Crippen LogP contribution in [0, 0.1) is 0 Å². The first-order valence-corrected chi connectivity index (χ1v) is 4.02. The Hall–Kier alpha value is -0.940. The summed E-state index contributed by atoms with van der Waals surface area (Å²) in [5.74, 6) is 0.561. The predicted octanol–water partition coefficient (Wildman–Crippen LogP) is 0.248. The highest BCUT2D eigenvalue weighted by molar-refractivity contribution is 4.87. The van der Waals surface area contributed by atoms with Crippen LogP contribution >= 0.6 is 0 Å². The van der Waals surface area contributed by atoms with E-state index in [0.717, 1.165) is 12.8 Å². The average molecular weight is 169 g/mol. The van der Waals surface area contributed by atoms with Crippen LogP contribution in [0.15, 0.2) is 10.9 Å². The Balaban J connectivity index is 2.00. The molecule has 2 N–H and O–H groups in total.